The average molecular weight is 295 g/mol. The Bertz CT molecular complexity index is 614. The van der Waals surface area contributed by atoms with E-state index in [4.69, 9.17) is 23.2 Å². The Labute approximate surface area is 121 Å². The molecule has 2 N–H and O–H groups in total. The fraction of sp³-hybridized carbons (Fsp3) is 0.0714. The summed E-state index contributed by atoms with van der Waals surface area (Å²) in [5.74, 6) is 0. The first-order valence-corrected chi connectivity index (χ1v) is 6.40. The number of amides is 2. The van der Waals surface area contributed by atoms with Crippen molar-refractivity contribution >= 4 is 40.6 Å². The van der Waals surface area contributed by atoms with E-state index in [1.165, 1.54) is 0 Å². The smallest absolute Gasteiger partial charge is 0.308 e. The first-order valence-electron chi connectivity index (χ1n) is 5.64. The van der Waals surface area contributed by atoms with E-state index >= 15 is 0 Å². The molecule has 0 unspecified atom stereocenters. The molecule has 0 saturated carbocycles. The Morgan fingerprint density at radius 1 is 1.00 bits per heavy atom. The van der Waals surface area contributed by atoms with Crippen molar-refractivity contribution in [3.63, 3.8) is 0 Å². The van der Waals surface area contributed by atoms with Gasteiger partial charge in [0, 0.05) is 21.4 Å². The van der Waals surface area contributed by atoms with Gasteiger partial charge in [-0.15, -0.1) is 0 Å². The number of nitrogens with one attached hydrogen (secondary N) is 2. The van der Waals surface area contributed by atoms with Gasteiger partial charge in [0.15, 0.2) is 0 Å². The normalized spacial score (nSPS) is 10.1. The SMILES string of the molecule is Cc1cc(NC(=O)Nc2cccc(Cl)c2)ccc1Cl. The Balaban J connectivity index is 2.03. The zero-order valence-electron chi connectivity index (χ0n) is 10.2. The monoisotopic (exact) mass is 294 g/mol. The number of hydrogen-bond acceptors (Lipinski definition) is 1. The molecular formula is C14H12Cl2N2O. The molecule has 0 aliphatic heterocycles. The van der Waals surface area contributed by atoms with Crippen molar-refractivity contribution in [3.8, 4) is 0 Å². The predicted molar refractivity (Wildman–Crippen MR) is 80.3 cm³/mol. The van der Waals surface area contributed by atoms with E-state index in [-0.39, 0.29) is 6.03 Å². The molecule has 2 aromatic rings. The zero-order valence-corrected chi connectivity index (χ0v) is 11.7. The minimum atomic E-state index is -0.330. The van der Waals surface area contributed by atoms with Crippen LogP contribution >= 0.6 is 23.2 Å². The largest absolute Gasteiger partial charge is 0.323 e. The third kappa shape index (κ3) is 3.88. The number of aryl methyl sites for hydroxylation is 1. The van der Waals surface area contributed by atoms with Crippen molar-refractivity contribution < 1.29 is 4.79 Å². The molecule has 0 radical (unpaired) electrons. The summed E-state index contributed by atoms with van der Waals surface area (Å²) in [6.45, 7) is 1.88. The van der Waals surface area contributed by atoms with Gasteiger partial charge in [0.05, 0.1) is 0 Å². The van der Waals surface area contributed by atoms with E-state index in [0.29, 0.717) is 21.4 Å². The second-order valence-corrected chi connectivity index (χ2v) is 4.90. The van der Waals surface area contributed by atoms with Gasteiger partial charge in [-0.05, 0) is 48.9 Å². The Morgan fingerprint density at radius 2 is 1.68 bits per heavy atom. The first-order chi connectivity index (χ1) is 9.04. The summed E-state index contributed by atoms with van der Waals surface area (Å²) in [5.41, 5.74) is 2.22. The van der Waals surface area contributed by atoms with Crippen LogP contribution in [0, 0.1) is 6.92 Å². The lowest BCUT2D eigenvalue weighted by molar-refractivity contribution is 0.262. The summed E-state index contributed by atoms with van der Waals surface area (Å²) in [6, 6.07) is 11.9. The van der Waals surface area contributed by atoms with Gasteiger partial charge in [-0.2, -0.15) is 0 Å². The van der Waals surface area contributed by atoms with Crippen LogP contribution in [0.3, 0.4) is 0 Å². The van der Waals surface area contributed by atoms with Crippen molar-refractivity contribution in [2.75, 3.05) is 10.6 Å². The molecule has 3 nitrogen and oxygen atoms in total. The number of rotatable bonds is 2. The lowest BCUT2D eigenvalue weighted by Gasteiger charge is -2.09. The van der Waals surface area contributed by atoms with E-state index in [9.17, 15) is 4.79 Å². The lowest BCUT2D eigenvalue weighted by Crippen LogP contribution is -2.19. The second kappa shape index (κ2) is 5.95. The highest BCUT2D eigenvalue weighted by Crippen LogP contribution is 2.20. The Hall–Kier alpha value is -1.71. The quantitative estimate of drug-likeness (QED) is 0.809. The molecule has 0 atom stereocenters. The fourth-order valence-electron chi connectivity index (χ4n) is 1.58. The maximum atomic E-state index is 11.8. The minimum absolute atomic E-state index is 0.330. The van der Waals surface area contributed by atoms with E-state index in [2.05, 4.69) is 10.6 Å². The molecule has 19 heavy (non-hydrogen) atoms. The van der Waals surface area contributed by atoms with Crippen LogP contribution in [-0.4, -0.2) is 6.03 Å². The van der Waals surface area contributed by atoms with Crippen LogP contribution in [0.5, 0.6) is 0 Å². The van der Waals surface area contributed by atoms with Crippen molar-refractivity contribution in [2.24, 2.45) is 0 Å². The number of halogens is 2. The molecule has 0 spiro atoms. The van der Waals surface area contributed by atoms with Crippen molar-refractivity contribution in [2.45, 2.75) is 6.92 Å². The highest BCUT2D eigenvalue weighted by Gasteiger charge is 2.04. The van der Waals surface area contributed by atoms with Crippen molar-refractivity contribution in [3.05, 3.63) is 58.1 Å². The summed E-state index contributed by atoms with van der Waals surface area (Å²) >= 11 is 11.8. The molecule has 2 aromatic carbocycles. The molecule has 0 saturated heterocycles. The fourth-order valence-corrected chi connectivity index (χ4v) is 1.89. The molecule has 0 heterocycles. The molecule has 0 aliphatic carbocycles. The average Bonchev–Trinajstić information content (AvgIpc) is 2.34. The molecular weight excluding hydrogens is 283 g/mol. The van der Waals surface area contributed by atoms with Crippen LogP contribution in [-0.2, 0) is 0 Å². The number of carbonyl (C=O) groups excluding carboxylic acids is 1. The maximum Gasteiger partial charge on any atom is 0.323 e. The standard InChI is InChI=1S/C14H12Cl2N2O/c1-9-7-12(5-6-13(9)16)18-14(19)17-11-4-2-3-10(15)8-11/h2-8H,1H3,(H2,17,18,19). The van der Waals surface area contributed by atoms with Gasteiger partial charge in [0.25, 0.3) is 0 Å². The van der Waals surface area contributed by atoms with E-state index in [1.54, 1.807) is 42.5 Å². The van der Waals surface area contributed by atoms with Crippen LogP contribution in [0.1, 0.15) is 5.56 Å². The van der Waals surface area contributed by atoms with E-state index < -0.39 is 0 Å². The van der Waals surface area contributed by atoms with E-state index in [1.807, 2.05) is 6.92 Å². The number of urea groups is 1. The highest BCUT2D eigenvalue weighted by molar-refractivity contribution is 6.31. The van der Waals surface area contributed by atoms with Gasteiger partial charge in [-0.3, -0.25) is 0 Å². The first kappa shape index (κ1) is 13.7. The minimum Gasteiger partial charge on any atom is -0.308 e. The van der Waals surface area contributed by atoms with Crippen LogP contribution in [0.15, 0.2) is 42.5 Å². The maximum absolute atomic E-state index is 11.8. The van der Waals surface area contributed by atoms with Gasteiger partial charge < -0.3 is 10.6 Å². The van der Waals surface area contributed by atoms with Gasteiger partial charge in [0.1, 0.15) is 0 Å². The molecule has 0 fully saturated rings. The predicted octanol–water partition coefficient (Wildman–Crippen LogP) is 4.95. The highest BCUT2D eigenvalue weighted by atomic mass is 35.5. The third-order valence-corrected chi connectivity index (χ3v) is 3.16. The number of carbonyl (C=O) groups is 1. The molecule has 98 valence electrons. The second-order valence-electron chi connectivity index (χ2n) is 4.05. The zero-order chi connectivity index (χ0) is 13.8. The third-order valence-electron chi connectivity index (χ3n) is 2.50. The Kier molecular flexibility index (Phi) is 4.30. The van der Waals surface area contributed by atoms with Crippen LogP contribution in [0.25, 0.3) is 0 Å². The summed E-state index contributed by atoms with van der Waals surface area (Å²) < 4.78 is 0. The molecule has 0 bridgehead atoms. The van der Waals surface area contributed by atoms with Crippen molar-refractivity contribution in [1.29, 1.82) is 0 Å². The molecule has 2 amide bonds. The topological polar surface area (TPSA) is 41.1 Å². The molecule has 0 aromatic heterocycles. The van der Waals surface area contributed by atoms with E-state index in [0.717, 1.165) is 5.56 Å². The molecule has 0 aliphatic rings. The van der Waals surface area contributed by atoms with Crippen LogP contribution in [0.4, 0.5) is 16.2 Å². The number of anilines is 2. The number of hydrogen-bond donors (Lipinski definition) is 2. The molecule has 2 rings (SSSR count). The summed E-state index contributed by atoms with van der Waals surface area (Å²) in [6.07, 6.45) is 0. The van der Waals surface area contributed by atoms with Crippen LogP contribution < -0.4 is 10.6 Å². The van der Waals surface area contributed by atoms with Gasteiger partial charge in [-0.25, -0.2) is 4.79 Å². The van der Waals surface area contributed by atoms with Crippen LogP contribution in [0.2, 0.25) is 10.0 Å². The lowest BCUT2D eigenvalue weighted by atomic mass is 10.2. The van der Waals surface area contributed by atoms with Gasteiger partial charge >= 0.3 is 6.03 Å². The Morgan fingerprint density at radius 3 is 2.32 bits per heavy atom. The summed E-state index contributed by atoms with van der Waals surface area (Å²) in [7, 11) is 0. The summed E-state index contributed by atoms with van der Waals surface area (Å²) in [5, 5.41) is 6.66. The molecule has 5 heteroatoms. The van der Waals surface area contributed by atoms with Gasteiger partial charge in [0.2, 0.25) is 0 Å². The van der Waals surface area contributed by atoms with Crippen molar-refractivity contribution in [1.82, 2.24) is 0 Å². The number of benzene rings is 2. The van der Waals surface area contributed by atoms with Gasteiger partial charge in [-0.1, -0.05) is 29.3 Å². The summed E-state index contributed by atoms with van der Waals surface area (Å²) in [4.78, 5) is 11.8.